The number of aliphatic hydroxyl groups is 1. The van der Waals surface area contributed by atoms with Crippen molar-refractivity contribution in [2.24, 2.45) is 0 Å². The number of fused-ring (bicyclic) bond motifs is 2. The predicted octanol–water partition coefficient (Wildman–Crippen LogP) is 6.37. The Bertz CT molecular complexity index is 1840. The smallest absolute Gasteiger partial charge is 0.204 e. The Hall–Kier alpha value is -4.28. The Labute approximate surface area is 289 Å². The summed E-state index contributed by atoms with van der Waals surface area (Å²) in [6.07, 6.45) is 3.24. The predicted molar refractivity (Wildman–Crippen MR) is 190 cm³/mol. The summed E-state index contributed by atoms with van der Waals surface area (Å²) in [5.74, 6) is 4.59. The van der Waals surface area contributed by atoms with E-state index in [1.54, 1.807) is 21.3 Å². The maximum absolute atomic E-state index is 10.7. The van der Waals surface area contributed by atoms with Crippen molar-refractivity contribution in [3.05, 3.63) is 99.1 Å². The van der Waals surface area contributed by atoms with Crippen LogP contribution < -0.4 is 29.0 Å². The van der Waals surface area contributed by atoms with Crippen LogP contribution in [0.15, 0.2) is 54.6 Å². The minimum Gasteiger partial charge on any atom is -0.493 e. The largest absolute Gasteiger partial charge is 0.493 e. The SMILES string of the molecule is CNCc1c2c3c(c(OC)c1OC)Oc1cc4c(cc1CO)CCN(C)[C@H]4Cc1ccc(cc1)Oc1cc(ccc1OC)C[C@@H]3N(C)CC2. The van der Waals surface area contributed by atoms with Gasteiger partial charge in [0.2, 0.25) is 5.75 Å². The number of methoxy groups -OCH3 is 3. The van der Waals surface area contributed by atoms with Crippen LogP contribution in [-0.4, -0.2) is 70.5 Å². The van der Waals surface area contributed by atoms with Gasteiger partial charge in [-0.1, -0.05) is 18.2 Å². The molecule has 0 amide bonds. The molecule has 4 aliphatic heterocycles. The minimum absolute atomic E-state index is 0.0531. The van der Waals surface area contributed by atoms with Gasteiger partial charge in [-0.15, -0.1) is 0 Å². The normalized spacial score (nSPS) is 18.8. The van der Waals surface area contributed by atoms with Crippen LogP contribution in [0.4, 0.5) is 0 Å². The van der Waals surface area contributed by atoms with Gasteiger partial charge in [-0.2, -0.15) is 0 Å². The van der Waals surface area contributed by atoms with E-state index in [4.69, 9.17) is 23.7 Å². The average Bonchev–Trinajstić information content (AvgIpc) is 3.11. The summed E-state index contributed by atoms with van der Waals surface area (Å²) in [5.41, 5.74) is 8.86. The zero-order chi connectivity index (χ0) is 34.2. The summed E-state index contributed by atoms with van der Waals surface area (Å²) >= 11 is 0. The van der Waals surface area contributed by atoms with Crippen LogP contribution in [0.1, 0.15) is 56.6 Å². The number of benzene rings is 4. The van der Waals surface area contributed by atoms with Crippen LogP contribution >= 0.6 is 0 Å². The van der Waals surface area contributed by atoms with Gasteiger partial charge in [0.1, 0.15) is 11.5 Å². The van der Waals surface area contributed by atoms with Crippen molar-refractivity contribution in [1.29, 1.82) is 0 Å². The third-order valence-corrected chi connectivity index (χ3v) is 10.5. The van der Waals surface area contributed by atoms with E-state index in [-0.39, 0.29) is 18.7 Å². The molecular weight excluding hydrogens is 618 g/mol. The molecule has 4 aromatic rings. The van der Waals surface area contributed by atoms with Crippen LogP contribution in [0.2, 0.25) is 0 Å². The Morgan fingerprint density at radius 2 is 1.51 bits per heavy atom. The zero-order valence-electron chi connectivity index (χ0n) is 29.4. The molecular formula is C40H47N3O6. The highest BCUT2D eigenvalue weighted by atomic mass is 16.5. The number of nitrogens with one attached hydrogen (secondary N) is 1. The molecule has 0 aliphatic carbocycles. The standard InChI is InChI=1S/C40H47N3O6/c1-41-22-31-29-14-16-43(3)33-18-25-9-12-34(45-4)36(19-25)48-28-10-7-24(8-11-28)17-32-30-21-35(27(23-44)20-26(30)13-15-42(32)2)49-39(37(29)33)40(47-6)38(31)46-5/h7-12,19-21,32-33,41,44H,13-18,22-23H2,1-6H3/t32-,33-/m0/s1. The van der Waals surface area contributed by atoms with Crippen molar-refractivity contribution >= 4 is 0 Å². The summed E-state index contributed by atoms with van der Waals surface area (Å²) in [7, 11) is 11.3. The third-order valence-electron chi connectivity index (χ3n) is 10.5. The van der Waals surface area contributed by atoms with Gasteiger partial charge in [0.25, 0.3) is 0 Å². The van der Waals surface area contributed by atoms with Crippen molar-refractivity contribution in [3.63, 3.8) is 0 Å². The van der Waals surface area contributed by atoms with Crippen LogP contribution in [0.25, 0.3) is 0 Å². The summed E-state index contributed by atoms with van der Waals surface area (Å²) < 4.78 is 31.6. The van der Waals surface area contributed by atoms with Gasteiger partial charge in [0.15, 0.2) is 23.0 Å². The molecule has 8 rings (SSSR count). The lowest BCUT2D eigenvalue weighted by atomic mass is 9.84. The lowest BCUT2D eigenvalue weighted by molar-refractivity contribution is 0.219. The van der Waals surface area contributed by atoms with Crippen LogP contribution in [0, 0.1) is 0 Å². The molecule has 0 spiro atoms. The molecule has 0 unspecified atom stereocenters. The van der Waals surface area contributed by atoms with Crippen molar-refractivity contribution in [2.45, 2.75) is 50.9 Å². The first-order valence-corrected chi connectivity index (χ1v) is 17.1. The van der Waals surface area contributed by atoms with Gasteiger partial charge in [-0.3, -0.25) is 9.80 Å². The molecule has 2 atom stereocenters. The molecule has 0 saturated heterocycles. The van der Waals surface area contributed by atoms with Gasteiger partial charge in [0, 0.05) is 48.4 Å². The fourth-order valence-electron chi connectivity index (χ4n) is 7.92. The number of ether oxygens (including phenoxy) is 5. The molecule has 0 aromatic heterocycles. The summed E-state index contributed by atoms with van der Waals surface area (Å²) in [4.78, 5) is 4.80. The lowest BCUT2D eigenvalue weighted by Crippen LogP contribution is -2.35. The molecule has 4 aromatic carbocycles. The molecule has 4 aliphatic rings. The number of aliphatic hydroxyl groups excluding tert-OH is 1. The van der Waals surface area contributed by atoms with E-state index in [1.165, 1.54) is 22.3 Å². The Morgan fingerprint density at radius 1 is 0.796 bits per heavy atom. The highest BCUT2D eigenvalue weighted by Gasteiger charge is 2.37. The monoisotopic (exact) mass is 665 g/mol. The van der Waals surface area contributed by atoms with E-state index < -0.39 is 0 Å². The molecule has 0 fully saturated rings. The van der Waals surface area contributed by atoms with E-state index in [9.17, 15) is 5.11 Å². The summed E-state index contributed by atoms with van der Waals surface area (Å²) in [6, 6.07) is 18.9. The van der Waals surface area contributed by atoms with E-state index >= 15 is 0 Å². The fraction of sp³-hybridized carbons (Fsp3) is 0.400. The third kappa shape index (κ3) is 6.10. The summed E-state index contributed by atoms with van der Waals surface area (Å²) in [5, 5.41) is 14.1. The average molecular weight is 666 g/mol. The topological polar surface area (TPSA) is 84.9 Å². The van der Waals surface area contributed by atoms with Crippen LogP contribution in [-0.2, 0) is 38.8 Å². The van der Waals surface area contributed by atoms with Gasteiger partial charge in [-0.25, -0.2) is 0 Å². The zero-order valence-corrected chi connectivity index (χ0v) is 29.4. The highest BCUT2D eigenvalue weighted by molar-refractivity contribution is 5.67. The maximum atomic E-state index is 10.7. The van der Waals surface area contributed by atoms with Crippen molar-refractivity contribution in [2.75, 3.05) is 55.6 Å². The van der Waals surface area contributed by atoms with Crippen LogP contribution in [0.3, 0.4) is 0 Å². The second kappa shape index (κ2) is 13.9. The van der Waals surface area contributed by atoms with Crippen molar-refractivity contribution < 1.29 is 28.8 Å². The number of hydrogen-bond donors (Lipinski definition) is 2. The Kier molecular flexibility index (Phi) is 9.44. The van der Waals surface area contributed by atoms with Gasteiger partial charge >= 0.3 is 0 Å². The number of rotatable bonds is 6. The maximum Gasteiger partial charge on any atom is 0.204 e. The molecule has 0 saturated carbocycles. The molecule has 6 bridgehead atoms. The molecule has 9 heteroatoms. The van der Waals surface area contributed by atoms with E-state index in [0.29, 0.717) is 47.5 Å². The molecule has 9 nitrogen and oxygen atoms in total. The van der Waals surface area contributed by atoms with E-state index in [0.717, 1.165) is 60.4 Å². The summed E-state index contributed by atoms with van der Waals surface area (Å²) in [6.45, 7) is 2.28. The number of hydrogen-bond acceptors (Lipinski definition) is 9. The molecule has 49 heavy (non-hydrogen) atoms. The quantitative estimate of drug-likeness (QED) is 0.244. The first-order chi connectivity index (χ1) is 23.9. The first-order valence-electron chi connectivity index (χ1n) is 17.1. The molecule has 0 radical (unpaired) electrons. The van der Waals surface area contributed by atoms with Gasteiger partial charge in [-0.05, 0) is 111 Å². The number of nitrogens with zero attached hydrogens (tertiary/aromatic N) is 2. The Morgan fingerprint density at radius 3 is 2.22 bits per heavy atom. The van der Waals surface area contributed by atoms with E-state index in [2.05, 4.69) is 65.6 Å². The lowest BCUT2D eigenvalue weighted by Gasteiger charge is -2.38. The van der Waals surface area contributed by atoms with Crippen molar-refractivity contribution in [1.82, 2.24) is 15.1 Å². The second-order valence-corrected chi connectivity index (χ2v) is 13.3. The van der Waals surface area contributed by atoms with E-state index in [1.807, 2.05) is 25.2 Å². The molecule has 4 heterocycles. The van der Waals surface area contributed by atoms with Gasteiger partial charge in [0.05, 0.1) is 27.9 Å². The first kappa shape index (κ1) is 33.2. The fourth-order valence-corrected chi connectivity index (χ4v) is 7.92. The Balaban J connectivity index is 1.50. The van der Waals surface area contributed by atoms with Crippen molar-refractivity contribution in [3.8, 4) is 40.2 Å². The number of likely N-dealkylation sites (N-methyl/N-ethyl adjacent to an activating group) is 2. The van der Waals surface area contributed by atoms with Gasteiger partial charge < -0.3 is 34.1 Å². The molecule has 258 valence electrons. The minimum atomic E-state index is -0.137. The van der Waals surface area contributed by atoms with Crippen LogP contribution in [0.5, 0.6) is 40.2 Å². The highest BCUT2D eigenvalue weighted by Crippen LogP contribution is 2.53. The second-order valence-electron chi connectivity index (χ2n) is 13.3. The molecule has 2 N–H and O–H groups in total.